The standard InChI is InChI=1S/C27H24F4O2/c1-16-8-11-21(12-9-16)22-13-14-23(27(31)26(22)30)33-15-17(2)7-10-18(3)19(4)24(28)25(29)20(5)32-6/h7-14H,2-5,15H2,1,6H3/b10-7-,25-24-. The van der Waals surface area contributed by atoms with Gasteiger partial charge in [-0.2, -0.15) is 8.78 Å². The Morgan fingerprint density at radius 2 is 1.52 bits per heavy atom. The summed E-state index contributed by atoms with van der Waals surface area (Å²) >= 11 is 0. The van der Waals surface area contributed by atoms with Gasteiger partial charge in [0.1, 0.15) is 12.4 Å². The van der Waals surface area contributed by atoms with Crippen LogP contribution in [0.25, 0.3) is 11.1 Å². The van der Waals surface area contributed by atoms with Crippen molar-refractivity contribution >= 4 is 0 Å². The molecule has 2 aromatic rings. The maximum absolute atomic E-state index is 14.5. The lowest BCUT2D eigenvalue weighted by atomic mass is 10.0. The second-order valence-electron chi connectivity index (χ2n) is 7.14. The number of hydrogen-bond donors (Lipinski definition) is 0. The molecule has 2 aromatic carbocycles. The minimum Gasteiger partial charge on any atom is -0.494 e. The summed E-state index contributed by atoms with van der Waals surface area (Å²) in [4.78, 5) is 0. The highest BCUT2D eigenvalue weighted by Crippen LogP contribution is 2.30. The molecule has 0 aliphatic heterocycles. The highest BCUT2D eigenvalue weighted by molar-refractivity contribution is 5.65. The molecule has 0 N–H and O–H groups in total. The number of ether oxygens (including phenoxy) is 2. The van der Waals surface area contributed by atoms with E-state index in [1.54, 1.807) is 24.3 Å². The fraction of sp³-hybridized carbons (Fsp3) is 0.111. The number of rotatable bonds is 10. The Morgan fingerprint density at radius 3 is 2.12 bits per heavy atom. The van der Waals surface area contributed by atoms with Crippen LogP contribution in [0.15, 0.2) is 109 Å². The Bertz CT molecular complexity index is 1160. The molecule has 0 aliphatic carbocycles. The summed E-state index contributed by atoms with van der Waals surface area (Å²) in [7, 11) is 1.15. The lowest BCUT2D eigenvalue weighted by molar-refractivity contribution is 0.281. The van der Waals surface area contributed by atoms with Gasteiger partial charge >= 0.3 is 0 Å². The Hall–Kier alpha value is -3.80. The summed E-state index contributed by atoms with van der Waals surface area (Å²) in [6.07, 6.45) is 2.76. The van der Waals surface area contributed by atoms with Gasteiger partial charge in [-0.05, 0) is 35.8 Å². The fourth-order valence-electron chi connectivity index (χ4n) is 2.62. The van der Waals surface area contributed by atoms with Crippen molar-refractivity contribution in [2.45, 2.75) is 6.92 Å². The summed E-state index contributed by atoms with van der Waals surface area (Å²) in [5.74, 6) is -5.45. The normalized spacial score (nSPS) is 11.7. The number of halogens is 4. The van der Waals surface area contributed by atoms with Gasteiger partial charge in [0.25, 0.3) is 0 Å². The summed E-state index contributed by atoms with van der Waals surface area (Å²) < 4.78 is 66.8. The van der Waals surface area contributed by atoms with E-state index in [4.69, 9.17) is 4.74 Å². The highest BCUT2D eigenvalue weighted by Gasteiger charge is 2.17. The second kappa shape index (κ2) is 11.2. The number of methoxy groups -OCH3 is 1. The second-order valence-corrected chi connectivity index (χ2v) is 7.14. The van der Waals surface area contributed by atoms with Crippen LogP contribution < -0.4 is 4.74 Å². The van der Waals surface area contributed by atoms with E-state index in [9.17, 15) is 17.6 Å². The van der Waals surface area contributed by atoms with Gasteiger partial charge in [0, 0.05) is 11.1 Å². The van der Waals surface area contributed by atoms with Gasteiger partial charge in [-0.3, -0.25) is 0 Å². The van der Waals surface area contributed by atoms with E-state index in [0.717, 1.165) is 12.7 Å². The van der Waals surface area contributed by atoms with Gasteiger partial charge < -0.3 is 9.47 Å². The van der Waals surface area contributed by atoms with Gasteiger partial charge in [-0.1, -0.05) is 68.3 Å². The van der Waals surface area contributed by atoms with Crippen LogP contribution in [-0.4, -0.2) is 13.7 Å². The minimum absolute atomic E-state index is 0.0624. The molecule has 2 nitrogen and oxygen atoms in total. The number of benzene rings is 2. The molecule has 0 saturated carbocycles. The van der Waals surface area contributed by atoms with Crippen LogP contribution in [0.4, 0.5) is 17.6 Å². The van der Waals surface area contributed by atoms with Crippen LogP contribution in [-0.2, 0) is 4.74 Å². The van der Waals surface area contributed by atoms with Crippen molar-refractivity contribution in [1.82, 2.24) is 0 Å². The van der Waals surface area contributed by atoms with Gasteiger partial charge in [0.05, 0.1) is 7.11 Å². The average Bonchev–Trinajstić information content (AvgIpc) is 2.82. The molecule has 0 atom stereocenters. The zero-order chi connectivity index (χ0) is 24.7. The van der Waals surface area contributed by atoms with Crippen LogP contribution >= 0.6 is 0 Å². The maximum atomic E-state index is 14.5. The van der Waals surface area contributed by atoms with Crippen molar-refractivity contribution in [1.29, 1.82) is 0 Å². The molecule has 0 heterocycles. The Morgan fingerprint density at radius 1 is 0.879 bits per heavy atom. The number of hydrogen-bond acceptors (Lipinski definition) is 2. The van der Waals surface area contributed by atoms with Crippen LogP contribution in [0.2, 0.25) is 0 Å². The van der Waals surface area contributed by atoms with Gasteiger partial charge in [0.15, 0.2) is 17.4 Å². The maximum Gasteiger partial charge on any atom is 0.201 e. The van der Waals surface area contributed by atoms with Crippen LogP contribution in [0.1, 0.15) is 5.56 Å². The monoisotopic (exact) mass is 456 g/mol. The van der Waals surface area contributed by atoms with Crippen molar-refractivity contribution in [2.24, 2.45) is 0 Å². The molecule has 172 valence electrons. The lowest BCUT2D eigenvalue weighted by Crippen LogP contribution is -2.02. The van der Waals surface area contributed by atoms with Crippen LogP contribution in [0.3, 0.4) is 0 Å². The topological polar surface area (TPSA) is 18.5 Å². The molecule has 2 rings (SSSR count). The predicted molar refractivity (Wildman–Crippen MR) is 124 cm³/mol. The predicted octanol–water partition coefficient (Wildman–Crippen LogP) is 7.85. The number of aryl methyl sites for hydroxylation is 1. The van der Waals surface area contributed by atoms with Crippen molar-refractivity contribution in [3.63, 3.8) is 0 Å². The van der Waals surface area contributed by atoms with Crippen molar-refractivity contribution in [3.05, 3.63) is 126 Å². The van der Waals surface area contributed by atoms with Crippen LogP contribution in [0, 0.1) is 18.6 Å². The van der Waals surface area contributed by atoms with Gasteiger partial charge in [0.2, 0.25) is 11.6 Å². The molecule has 6 heteroatoms. The lowest BCUT2D eigenvalue weighted by Gasteiger charge is -2.11. The van der Waals surface area contributed by atoms with E-state index in [2.05, 4.69) is 31.1 Å². The Kier molecular flexibility index (Phi) is 8.63. The zero-order valence-electron chi connectivity index (χ0n) is 18.5. The molecule has 0 unspecified atom stereocenters. The molecule has 0 aromatic heterocycles. The molecular formula is C27H24F4O2. The van der Waals surface area contributed by atoms with E-state index >= 15 is 0 Å². The van der Waals surface area contributed by atoms with E-state index in [1.807, 2.05) is 6.92 Å². The molecule has 0 bridgehead atoms. The van der Waals surface area contributed by atoms with E-state index in [1.165, 1.54) is 24.3 Å². The first-order valence-corrected chi connectivity index (χ1v) is 9.77. The first-order chi connectivity index (χ1) is 15.6. The quantitative estimate of drug-likeness (QED) is 0.206. The molecule has 0 fully saturated rings. The highest BCUT2D eigenvalue weighted by atomic mass is 19.2. The van der Waals surface area contributed by atoms with Gasteiger partial charge in [-0.15, -0.1) is 0 Å². The molecule has 0 aliphatic rings. The summed E-state index contributed by atoms with van der Waals surface area (Å²) in [5.41, 5.74) is 1.76. The van der Waals surface area contributed by atoms with Crippen molar-refractivity contribution in [3.8, 4) is 16.9 Å². The smallest absolute Gasteiger partial charge is 0.201 e. The molecule has 0 spiro atoms. The SMILES string of the molecule is C=C(/C=C\C(=C)C(=C)/C(F)=C(/F)C(=C)OC)COc1ccc(-c2ccc(C)cc2)c(F)c1F. The Labute approximate surface area is 191 Å². The average molecular weight is 456 g/mol. The third-order valence-corrected chi connectivity index (χ3v) is 4.68. The molecule has 0 radical (unpaired) electrons. The summed E-state index contributed by atoms with van der Waals surface area (Å²) in [6.45, 7) is 15.8. The third-order valence-electron chi connectivity index (χ3n) is 4.68. The van der Waals surface area contributed by atoms with E-state index in [0.29, 0.717) is 11.1 Å². The Balaban J connectivity index is 2.04. The first kappa shape index (κ1) is 25.5. The molecule has 0 amide bonds. The van der Waals surface area contributed by atoms with Crippen molar-refractivity contribution in [2.75, 3.05) is 13.7 Å². The largest absolute Gasteiger partial charge is 0.494 e. The zero-order valence-corrected chi connectivity index (χ0v) is 18.5. The fourth-order valence-corrected chi connectivity index (χ4v) is 2.62. The molecule has 0 saturated heterocycles. The molecular weight excluding hydrogens is 432 g/mol. The summed E-state index contributed by atoms with van der Waals surface area (Å²) in [5, 5.41) is 0. The van der Waals surface area contributed by atoms with Gasteiger partial charge in [-0.25, -0.2) is 8.78 Å². The van der Waals surface area contributed by atoms with Crippen LogP contribution in [0.5, 0.6) is 5.75 Å². The van der Waals surface area contributed by atoms with E-state index in [-0.39, 0.29) is 29.1 Å². The summed E-state index contributed by atoms with van der Waals surface area (Å²) in [6, 6.07) is 9.78. The van der Waals surface area contributed by atoms with E-state index < -0.39 is 29.0 Å². The first-order valence-electron chi connectivity index (χ1n) is 9.77. The minimum atomic E-state index is -1.29. The molecule has 33 heavy (non-hydrogen) atoms. The number of allylic oxidation sites excluding steroid dienone is 5. The third kappa shape index (κ3) is 6.35. The van der Waals surface area contributed by atoms with Crippen molar-refractivity contribution < 1.29 is 27.0 Å².